The number of nitrogens with zero attached hydrogens (tertiary/aromatic N) is 1. The Morgan fingerprint density at radius 2 is 1.58 bits per heavy atom. The van der Waals surface area contributed by atoms with E-state index in [1.54, 1.807) is 0 Å². The van der Waals surface area contributed by atoms with E-state index in [0.29, 0.717) is 12.0 Å². The number of aromatic nitrogens is 1. The Morgan fingerprint density at radius 3 is 2.26 bits per heavy atom. The van der Waals surface area contributed by atoms with Crippen LogP contribution in [0.15, 0.2) is 18.2 Å². The maximum Gasteiger partial charge on any atom is 0.253 e. The van der Waals surface area contributed by atoms with Gasteiger partial charge in [0.25, 0.3) is 5.91 Å². The standard InChI is InChI=1S/C27H37ClN2O/c1-18-14-19(2)25(28)15-23(18)26-16-24(27(31)29-22-12-8-5-9-13-22)20(3)30(26)17-21-10-6-4-7-11-21/h14-16,21-22H,4-13,17H2,1-3H3,(H,29,31). The highest BCUT2D eigenvalue weighted by Crippen LogP contribution is 2.35. The van der Waals surface area contributed by atoms with E-state index in [-0.39, 0.29) is 5.91 Å². The Balaban J connectivity index is 1.70. The maximum absolute atomic E-state index is 13.3. The molecule has 1 amide bonds. The van der Waals surface area contributed by atoms with Gasteiger partial charge in [-0.05, 0) is 75.6 Å². The van der Waals surface area contributed by atoms with Gasteiger partial charge in [-0.2, -0.15) is 0 Å². The summed E-state index contributed by atoms with van der Waals surface area (Å²) in [5, 5.41) is 4.12. The number of benzene rings is 1. The van der Waals surface area contributed by atoms with E-state index in [1.807, 2.05) is 0 Å². The third-order valence-corrected chi connectivity index (χ3v) is 7.91. The van der Waals surface area contributed by atoms with Gasteiger partial charge >= 0.3 is 0 Å². The van der Waals surface area contributed by atoms with E-state index < -0.39 is 0 Å². The molecule has 0 bridgehead atoms. The molecule has 2 aliphatic rings. The molecule has 2 aliphatic carbocycles. The minimum Gasteiger partial charge on any atom is -0.349 e. The summed E-state index contributed by atoms with van der Waals surface area (Å²) >= 11 is 6.53. The van der Waals surface area contributed by atoms with Crippen LogP contribution in [0.3, 0.4) is 0 Å². The zero-order valence-corrected chi connectivity index (χ0v) is 20.2. The van der Waals surface area contributed by atoms with E-state index in [2.05, 4.69) is 48.9 Å². The van der Waals surface area contributed by atoms with Crippen molar-refractivity contribution in [2.45, 2.75) is 97.6 Å². The summed E-state index contributed by atoms with van der Waals surface area (Å²) in [6.45, 7) is 7.30. The highest BCUT2D eigenvalue weighted by atomic mass is 35.5. The minimum atomic E-state index is 0.0869. The van der Waals surface area contributed by atoms with Gasteiger partial charge in [0.15, 0.2) is 0 Å². The molecule has 3 nitrogen and oxygen atoms in total. The van der Waals surface area contributed by atoms with Crippen LogP contribution in [-0.4, -0.2) is 16.5 Å². The molecule has 0 atom stereocenters. The van der Waals surface area contributed by atoms with Gasteiger partial charge in [0, 0.05) is 34.6 Å². The normalized spacial score (nSPS) is 18.3. The molecule has 0 aliphatic heterocycles. The average molecular weight is 441 g/mol. The number of carbonyl (C=O) groups is 1. The molecule has 168 valence electrons. The summed E-state index contributed by atoms with van der Waals surface area (Å²) in [4.78, 5) is 13.3. The molecule has 0 spiro atoms. The highest BCUT2D eigenvalue weighted by Gasteiger charge is 2.24. The number of amides is 1. The SMILES string of the molecule is Cc1cc(C)c(-c2cc(C(=O)NC3CCCCC3)c(C)n2CC2CCCCC2)cc1Cl. The van der Waals surface area contributed by atoms with E-state index in [9.17, 15) is 4.79 Å². The monoisotopic (exact) mass is 440 g/mol. The Morgan fingerprint density at radius 1 is 0.935 bits per heavy atom. The van der Waals surface area contributed by atoms with Crippen LogP contribution in [0.1, 0.15) is 91.4 Å². The van der Waals surface area contributed by atoms with Crippen molar-refractivity contribution in [3.63, 3.8) is 0 Å². The van der Waals surface area contributed by atoms with Gasteiger partial charge in [-0.3, -0.25) is 4.79 Å². The van der Waals surface area contributed by atoms with Crippen molar-refractivity contribution in [3.05, 3.63) is 45.6 Å². The van der Waals surface area contributed by atoms with Crippen LogP contribution in [0.2, 0.25) is 5.02 Å². The van der Waals surface area contributed by atoms with Crippen LogP contribution in [0.25, 0.3) is 11.3 Å². The Hall–Kier alpha value is -1.74. The summed E-state index contributed by atoms with van der Waals surface area (Å²) < 4.78 is 2.40. The Labute approximate surface area is 192 Å². The molecule has 2 aromatic rings. The van der Waals surface area contributed by atoms with Crippen molar-refractivity contribution in [2.24, 2.45) is 5.92 Å². The molecular weight excluding hydrogens is 404 g/mol. The van der Waals surface area contributed by atoms with E-state index in [1.165, 1.54) is 56.9 Å². The Kier molecular flexibility index (Phi) is 7.11. The van der Waals surface area contributed by atoms with E-state index in [0.717, 1.165) is 52.5 Å². The lowest BCUT2D eigenvalue weighted by Crippen LogP contribution is -2.36. The van der Waals surface area contributed by atoms with Gasteiger partial charge in [-0.1, -0.05) is 56.2 Å². The van der Waals surface area contributed by atoms with E-state index in [4.69, 9.17) is 11.6 Å². The number of nitrogens with one attached hydrogen (secondary N) is 1. The molecule has 1 N–H and O–H groups in total. The number of carbonyl (C=O) groups excluding carboxylic acids is 1. The van der Waals surface area contributed by atoms with Crippen molar-refractivity contribution >= 4 is 17.5 Å². The third-order valence-electron chi connectivity index (χ3n) is 7.50. The number of hydrogen-bond donors (Lipinski definition) is 1. The fraction of sp³-hybridized carbons (Fsp3) is 0.593. The molecule has 0 radical (unpaired) electrons. The van der Waals surface area contributed by atoms with Gasteiger partial charge in [0.05, 0.1) is 5.56 Å². The first kappa shape index (κ1) is 22.5. The number of hydrogen-bond acceptors (Lipinski definition) is 1. The summed E-state index contributed by atoms with van der Waals surface area (Å²) in [7, 11) is 0. The number of rotatable bonds is 5. The van der Waals surface area contributed by atoms with Gasteiger partial charge < -0.3 is 9.88 Å². The van der Waals surface area contributed by atoms with E-state index >= 15 is 0 Å². The second-order valence-corrected chi connectivity index (χ2v) is 10.3. The fourth-order valence-electron chi connectivity index (χ4n) is 5.57. The predicted octanol–water partition coefficient (Wildman–Crippen LogP) is 7.38. The van der Waals surface area contributed by atoms with Crippen molar-refractivity contribution in [1.82, 2.24) is 9.88 Å². The lowest BCUT2D eigenvalue weighted by atomic mass is 9.89. The first-order valence-corrected chi connectivity index (χ1v) is 12.6. The molecule has 31 heavy (non-hydrogen) atoms. The molecule has 1 aromatic carbocycles. The van der Waals surface area contributed by atoms with Crippen LogP contribution in [0.5, 0.6) is 0 Å². The first-order valence-electron chi connectivity index (χ1n) is 12.2. The predicted molar refractivity (Wildman–Crippen MR) is 130 cm³/mol. The van der Waals surface area contributed by atoms with Crippen LogP contribution >= 0.6 is 11.6 Å². The smallest absolute Gasteiger partial charge is 0.253 e. The zero-order chi connectivity index (χ0) is 22.0. The molecule has 2 fully saturated rings. The molecule has 4 heteroatoms. The van der Waals surface area contributed by atoms with Crippen molar-refractivity contribution in [3.8, 4) is 11.3 Å². The highest BCUT2D eigenvalue weighted by molar-refractivity contribution is 6.31. The van der Waals surface area contributed by atoms with Crippen LogP contribution in [-0.2, 0) is 6.54 Å². The van der Waals surface area contributed by atoms with Crippen LogP contribution in [0.4, 0.5) is 0 Å². The van der Waals surface area contributed by atoms with Crippen molar-refractivity contribution in [2.75, 3.05) is 0 Å². The second kappa shape index (κ2) is 9.81. The maximum atomic E-state index is 13.3. The lowest BCUT2D eigenvalue weighted by Gasteiger charge is -2.25. The molecule has 0 saturated heterocycles. The second-order valence-electron chi connectivity index (χ2n) is 9.87. The van der Waals surface area contributed by atoms with Crippen LogP contribution in [0, 0.1) is 26.7 Å². The summed E-state index contributed by atoms with van der Waals surface area (Å²) in [5.41, 5.74) is 6.50. The lowest BCUT2D eigenvalue weighted by molar-refractivity contribution is 0.0927. The fourth-order valence-corrected chi connectivity index (χ4v) is 5.74. The molecule has 0 unspecified atom stereocenters. The van der Waals surface area contributed by atoms with Gasteiger partial charge in [0.2, 0.25) is 0 Å². The molecular formula is C27H37ClN2O. The number of aryl methyl sites for hydroxylation is 2. The molecule has 4 rings (SSSR count). The molecule has 1 heterocycles. The summed E-state index contributed by atoms with van der Waals surface area (Å²) in [5.74, 6) is 0.776. The van der Waals surface area contributed by atoms with Gasteiger partial charge in [-0.15, -0.1) is 0 Å². The topological polar surface area (TPSA) is 34.0 Å². The number of halogens is 1. The summed E-state index contributed by atoms with van der Waals surface area (Å²) in [6, 6.07) is 6.68. The largest absolute Gasteiger partial charge is 0.349 e. The zero-order valence-electron chi connectivity index (χ0n) is 19.4. The average Bonchev–Trinajstić information content (AvgIpc) is 3.08. The minimum absolute atomic E-state index is 0.0869. The van der Waals surface area contributed by atoms with Crippen LogP contribution < -0.4 is 5.32 Å². The molecule has 1 aromatic heterocycles. The van der Waals surface area contributed by atoms with Gasteiger partial charge in [-0.25, -0.2) is 0 Å². The van der Waals surface area contributed by atoms with Crippen molar-refractivity contribution < 1.29 is 4.79 Å². The first-order chi connectivity index (χ1) is 14.9. The Bertz CT molecular complexity index is 933. The third kappa shape index (κ3) is 5.03. The quantitative estimate of drug-likeness (QED) is 0.517. The van der Waals surface area contributed by atoms with Crippen molar-refractivity contribution in [1.29, 1.82) is 0 Å². The molecule has 2 saturated carbocycles. The summed E-state index contributed by atoms with van der Waals surface area (Å²) in [6.07, 6.45) is 12.5. The van der Waals surface area contributed by atoms with Gasteiger partial charge in [0.1, 0.15) is 0 Å².